The maximum absolute atomic E-state index is 3.50. The zero-order valence-electron chi connectivity index (χ0n) is 13.2. The summed E-state index contributed by atoms with van der Waals surface area (Å²) in [6.07, 6.45) is 0. The Kier molecular flexibility index (Phi) is 283. The maximum Gasteiger partial charge on any atom is 0 e. The molecular formula is C10H30Hf2N5-5. The van der Waals surface area contributed by atoms with E-state index in [4.69, 9.17) is 0 Å². The average Bonchev–Trinajstić information content (AvgIpc) is 2.09. The number of hydrogen-bond donors (Lipinski definition) is 0. The first-order chi connectivity index (χ1) is 7.07. The summed E-state index contributed by atoms with van der Waals surface area (Å²) in [5, 5.41) is 17.5. The zero-order valence-corrected chi connectivity index (χ0v) is 20.4. The van der Waals surface area contributed by atoms with Gasteiger partial charge in [-0.15, -0.1) is 0 Å². The third-order valence-electron chi connectivity index (χ3n) is 0. The van der Waals surface area contributed by atoms with Crippen molar-refractivity contribution in [1.29, 1.82) is 0 Å². The van der Waals surface area contributed by atoms with Crippen molar-refractivity contribution < 1.29 is 51.7 Å². The molecule has 0 radical (unpaired) electrons. The zero-order chi connectivity index (χ0) is 13.5. The molecule has 0 saturated carbocycles. The predicted octanol–water partition coefficient (Wildman–Crippen LogP) is 3.09. The van der Waals surface area contributed by atoms with Gasteiger partial charge in [0, 0.05) is 51.7 Å². The fourth-order valence-electron chi connectivity index (χ4n) is 0. The first-order valence-electron chi connectivity index (χ1n) is 4.47. The predicted molar refractivity (Wildman–Crippen MR) is 76.0 cm³/mol. The molecule has 0 aliphatic rings. The minimum Gasteiger partial charge on any atom is -0.668 e. The third kappa shape index (κ3) is 1790. The van der Waals surface area contributed by atoms with E-state index in [1.807, 2.05) is 0 Å². The smallest absolute Gasteiger partial charge is 0 e. The first kappa shape index (κ1) is 42.8. The van der Waals surface area contributed by atoms with E-state index < -0.39 is 0 Å². The number of rotatable bonds is 0. The Morgan fingerprint density at radius 2 is 0.294 bits per heavy atom. The fourth-order valence-corrected chi connectivity index (χ4v) is 0. The van der Waals surface area contributed by atoms with Crippen molar-refractivity contribution in [3.63, 3.8) is 0 Å². The molecule has 0 fully saturated rings. The first-order valence-corrected chi connectivity index (χ1v) is 4.47. The van der Waals surface area contributed by atoms with E-state index in [0.29, 0.717) is 0 Å². The molecule has 0 amide bonds. The van der Waals surface area contributed by atoms with Crippen LogP contribution in [-0.4, -0.2) is 70.5 Å². The molecular weight excluding hydrogens is 547 g/mol. The Morgan fingerprint density at radius 1 is 0.294 bits per heavy atom. The minimum absolute atomic E-state index is 0. The van der Waals surface area contributed by atoms with Crippen LogP contribution in [0.3, 0.4) is 0 Å². The molecule has 0 N–H and O–H groups in total. The Morgan fingerprint density at radius 3 is 0.294 bits per heavy atom. The van der Waals surface area contributed by atoms with Crippen LogP contribution in [0.15, 0.2) is 0 Å². The third-order valence-corrected chi connectivity index (χ3v) is 0. The molecule has 0 spiro atoms. The molecule has 0 rings (SSSR count). The summed E-state index contributed by atoms with van der Waals surface area (Å²) in [5.41, 5.74) is 0. The summed E-state index contributed by atoms with van der Waals surface area (Å²) in [4.78, 5) is 0. The van der Waals surface area contributed by atoms with Gasteiger partial charge >= 0.3 is 0 Å². The van der Waals surface area contributed by atoms with Gasteiger partial charge in [0.2, 0.25) is 0 Å². The van der Waals surface area contributed by atoms with Gasteiger partial charge in [0.15, 0.2) is 0 Å². The van der Waals surface area contributed by atoms with Crippen molar-refractivity contribution >= 4 is 0 Å². The molecule has 0 heterocycles. The second-order valence-electron chi connectivity index (χ2n) is 2.24. The van der Waals surface area contributed by atoms with Gasteiger partial charge in [-0.25, -0.2) is 0 Å². The molecule has 108 valence electrons. The van der Waals surface area contributed by atoms with Crippen molar-refractivity contribution in [3.05, 3.63) is 26.6 Å². The van der Waals surface area contributed by atoms with Crippen LogP contribution < -0.4 is 0 Å². The van der Waals surface area contributed by atoms with Crippen LogP contribution >= 0.6 is 0 Å². The summed E-state index contributed by atoms with van der Waals surface area (Å²) in [6.45, 7) is 0. The van der Waals surface area contributed by atoms with Crippen LogP contribution in [-0.2, 0) is 51.7 Å². The number of nitrogens with zero attached hydrogens (tertiary/aromatic N) is 5. The summed E-state index contributed by atoms with van der Waals surface area (Å²) >= 11 is 0. The van der Waals surface area contributed by atoms with Crippen molar-refractivity contribution in [2.24, 2.45) is 0 Å². The van der Waals surface area contributed by atoms with Gasteiger partial charge in [-0.3, -0.25) is 0 Å². The molecule has 0 unspecified atom stereocenters. The van der Waals surface area contributed by atoms with E-state index in [-0.39, 0.29) is 51.7 Å². The molecule has 0 aromatic heterocycles. The van der Waals surface area contributed by atoms with E-state index in [9.17, 15) is 0 Å². The summed E-state index contributed by atoms with van der Waals surface area (Å²) < 4.78 is 0. The largest absolute Gasteiger partial charge is 0.668 e. The molecule has 7 heteroatoms. The van der Waals surface area contributed by atoms with E-state index in [2.05, 4.69) is 26.6 Å². The van der Waals surface area contributed by atoms with Gasteiger partial charge in [-0.2, -0.15) is 70.5 Å². The molecule has 17 heavy (non-hydrogen) atoms. The van der Waals surface area contributed by atoms with Crippen LogP contribution in [0.4, 0.5) is 0 Å². The molecule has 0 bridgehead atoms. The normalized spacial score (nSPS) is 5.29. The van der Waals surface area contributed by atoms with Crippen LogP contribution in [0, 0.1) is 0 Å². The SMILES string of the molecule is C[N-]C.C[N-]C.C[N-]C.C[N-]C.C[N-]C.[Hf].[Hf]. The van der Waals surface area contributed by atoms with Crippen LogP contribution in [0.25, 0.3) is 26.6 Å². The molecule has 0 saturated heterocycles. The summed E-state index contributed by atoms with van der Waals surface area (Å²) in [5.74, 6) is 0. The van der Waals surface area contributed by atoms with E-state index >= 15 is 0 Å². The second kappa shape index (κ2) is 112. The standard InChI is InChI=1S/5C2H6N.2Hf/c5*1-3-2;;/h5*1-2H3;;/q5*-1;;. The van der Waals surface area contributed by atoms with Gasteiger partial charge in [0.25, 0.3) is 0 Å². The van der Waals surface area contributed by atoms with Crippen molar-refractivity contribution in [3.8, 4) is 0 Å². The second-order valence-corrected chi connectivity index (χ2v) is 2.24. The van der Waals surface area contributed by atoms with Crippen molar-refractivity contribution in [1.82, 2.24) is 0 Å². The number of hydrogen-bond acceptors (Lipinski definition) is 0. The van der Waals surface area contributed by atoms with E-state index in [1.165, 1.54) is 0 Å². The molecule has 0 aliphatic carbocycles. The average molecular weight is 577 g/mol. The molecule has 0 aromatic carbocycles. The van der Waals surface area contributed by atoms with Crippen LogP contribution in [0.1, 0.15) is 0 Å². The van der Waals surface area contributed by atoms with Crippen molar-refractivity contribution in [2.75, 3.05) is 70.5 Å². The van der Waals surface area contributed by atoms with E-state index in [0.717, 1.165) is 0 Å². The molecule has 5 nitrogen and oxygen atoms in total. The molecule has 0 aliphatic heterocycles. The quantitative estimate of drug-likeness (QED) is 0.398. The summed E-state index contributed by atoms with van der Waals surface area (Å²) in [7, 11) is 17.5. The Bertz CT molecular complexity index is 34.3. The van der Waals surface area contributed by atoms with Gasteiger partial charge in [0.1, 0.15) is 0 Å². The topological polar surface area (TPSA) is 70.5 Å². The van der Waals surface area contributed by atoms with Crippen LogP contribution in [0.2, 0.25) is 0 Å². The van der Waals surface area contributed by atoms with Gasteiger partial charge in [-0.05, 0) is 0 Å². The van der Waals surface area contributed by atoms with Crippen LogP contribution in [0.5, 0.6) is 0 Å². The Labute approximate surface area is 148 Å². The fraction of sp³-hybridized carbons (Fsp3) is 1.00. The van der Waals surface area contributed by atoms with Gasteiger partial charge in [0.05, 0.1) is 0 Å². The minimum atomic E-state index is 0. The monoisotopic (exact) mass is 580 g/mol. The maximum atomic E-state index is 3.50. The Hall–Kier alpha value is 1.54. The van der Waals surface area contributed by atoms with Gasteiger partial charge < -0.3 is 26.6 Å². The summed E-state index contributed by atoms with van der Waals surface area (Å²) in [6, 6.07) is 0. The Balaban J connectivity index is -0.0000000143. The van der Waals surface area contributed by atoms with Crippen molar-refractivity contribution in [2.45, 2.75) is 0 Å². The van der Waals surface area contributed by atoms with E-state index in [1.54, 1.807) is 70.5 Å². The molecule has 0 aromatic rings. The van der Waals surface area contributed by atoms with Gasteiger partial charge in [-0.1, -0.05) is 0 Å². The molecule has 0 atom stereocenters.